The smallest absolute Gasteiger partial charge is 0.408 e. The Morgan fingerprint density at radius 1 is 0.963 bits per heavy atom. The van der Waals surface area contributed by atoms with Crippen LogP contribution in [-0.2, 0) is 36.9 Å². The van der Waals surface area contributed by atoms with Gasteiger partial charge in [0.15, 0.2) is 0 Å². The number of nitrogens with two attached hydrogens (primary N) is 1. The van der Waals surface area contributed by atoms with Crippen molar-refractivity contribution in [3.8, 4) is 0 Å². The molecule has 1 fully saturated rings. The van der Waals surface area contributed by atoms with Crippen molar-refractivity contribution in [3.05, 3.63) is 53.5 Å². The number of aryl methyl sites for hydroxylation is 1. The lowest BCUT2D eigenvalue weighted by molar-refractivity contribution is -0.132. The number of anilines is 1. The fraction of sp³-hybridized carbons (Fsp3) is 0.615. The van der Waals surface area contributed by atoms with Crippen LogP contribution in [0.25, 0.3) is 0 Å². The van der Waals surface area contributed by atoms with Crippen LogP contribution in [0, 0.1) is 18.8 Å². The largest absolute Gasteiger partial charge is 0.444 e. The minimum atomic E-state index is -1.27. The van der Waals surface area contributed by atoms with Gasteiger partial charge in [0.25, 0.3) is 0 Å². The molecule has 1 aliphatic rings. The minimum absolute atomic E-state index is 0.0759. The van der Waals surface area contributed by atoms with Crippen LogP contribution in [0.3, 0.4) is 0 Å². The van der Waals surface area contributed by atoms with E-state index < -0.39 is 66.1 Å². The van der Waals surface area contributed by atoms with Crippen LogP contribution in [0.5, 0.6) is 0 Å². The monoisotopic (exact) mass is 752 g/mol. The van der Waals surface area contributed by atoms with Crippen LogP contribution in [0.1, 0.15) is 103 Å². The number of aliphatic hydroxyl groups is 1. The number of nitrogens with zero attached hydrogens (tertiary/aromatic N) is 2. The fourth-order valence-electron chi connectivity index (χ4n) is 6.36. The summed E-state index contributed by atoms with van der Waals surface area (Å²) < 4.78 is 5.36. The summed E-state index contributed by atoms with van der Waals surface area (Å²) in [5.74, 6) is -1.34. The maximum Gasteiger partial charge on any atom is 0.408 e. The standard InChI is InChI=1S/C39H60N8O7/c1-7-24(2)34(37(52)42-22-28-21-41-25(3)44-35(28)40)47-32(49)20-31(48)29(18-26-14-10-8-11-15-26)45-33(50)23-43-36(51)30(19-27-16-12-9-13-17-27)46-38(53)54-39(4,5)6/h9,12-13,16-17,21,24,26,29-31,34,48H,7-8,10-11,14-15,18-20,22-23H2,1-6H3,(H,42,52)(H,43,51)(H,45,50)(H,46,53)(H,47,49)(H2,40,41,44)/t24-,29-,30-,31-,34-/m0/s1. The Morgan fingerprint density at radius 2 is 1.65 bits per heavy atom. The van der Waals surface area contributed by atoms with Gasteiger partial charge in [-0.2, -0.15) is 0 Å². The average molecular weight is 753 g/mol. The maximum atomic E-state index is 13.3. The molecular formula is C39H60N8O7. The summed E-state index contributed by atoms with van der Waals surface area (Å²) >= 11 is 0. The van der Waals surface area contributed by atoms with E-state index in [1.54, 1.807) is 33.9 Å². The molecule has 0 spiro atoms. The molecule has 1 aromatic heterocycles. The summed E-state index contributed by atoms with van der Waals surface area (Å²) in [6, 6.07) is 6.43. The molecule has 1 aliphatic carbocycles. The molecule has 0 bridgehead atoms. The van der Waals surface area contributed by atoms with Crippen molar-refractivity contribution < 1.29 is 33.8 Å². The summed E-state index contributed by atoms with van der Waals surface area (Å²) in [7, 11) is 0. The van der Waals surface area contributed by atoms with Crippen molar-refractivity contribution in [2.45, 2.75) is 136 Å². The molecule has 3 rings (SSSR count). The first-order chi connectivity index (χ1) is 25.5. The molecule has 1 heterocycles. The van der Waals surface area contributed by atoms with Crippen LogP contribution in [0.15, 0.2) is 36.5 Å². The highest BCUT2D eigenvalue weighted by molar-refractivity contribution is 5.90. The molecule has 1 saturated carbocycles. The predicted molar refractivity (Wildman–Crippen MR) is 204 cm³/mol. The van der Waals surface area contributed by atoms with Gasteiger partial charge in [0, 0.05) is 24.7 Å². The van der Waals surface area contributed by atoms with E-state index in [0.717, 1.165) is 37.7 Å². The summed E-state index contributed by atoms with van der Waals surface area (Å²) in [6.45, 7) is 10.3. The number of rotatable bonds is 18. The van der Waals surface area contributed by atoms with E-state index in [4.69, 9.17) is 10.5 Å². The highest BCUT2D eigenvalue weighted by Crippen LogP contribution is 2.28. The summed E-state index contributed by atoms with van der Waals surface area (Å²) in [4.78, 5) is 74.1. The van der Waals surface area contributed by atoms with Gasteiger partial charge >= 0.3 is 6.09 Å². The van der Waals surface area contributed by atoms with Gasteiger partial charge in [-0.25, -0.2) is 14.8 Å². The molecule has 1 aromatic carbocycles. The number of nitrogen functional groups attached to an aromatic ring is 1. The maximum absolute atomic E-state index is 13.3. The van der Waals surface area contributed by atoms with Crippen molar-refractivity contribution >= 4 is 35.5 Å². The zero-order valence-electron chi connectivity index (χ0n) is 32.6. The van der Waals surface area contributed by atoms with Gasteiger partial charge in [-0.15, -0.1) is 0 Å². The number of amides is 5. The molecule has 2 aromatic rings. The Bertz CT molecular complexity index is 1550. The third-order valence-corrected chi connectivity index (χ3v) is 9.51. The highest BCUT2D eigenvalue weighted by Gasteiger charge is 2.31. The lowest BCUT2D eigenvalue weighted by Crippen LogP contribution is -2.54. The number of hydrogen-bond donors (Lipinski definition) is 7. The molecule has 8 N–H and O–H groups in total. The molecule has 298 valence electrons. The first-order valence-electron chi connectivity index (χ1n) is 19.0. The second-order valence-electron chi connectivity index (χ2n) is 15.3. The van der Waals surface area contributed by atoms with E-state index in [0.29, 0.717) is 24.2 Å². The van der Waals surface area contributed by atoms with Crippen LogP contribution in [-0.4, -0.2) is 81.2 Å². The van der Waals surface area contributed by atoms with Gasteiger partial charge in [-0.05, 0) is 51.5 Å². The summed E-state index contributed by atoms with van der Waals surface area (Å²) in [5.41, 5.74) is 6.54. The number of hydrogen-bond acceptors (Lipinski definition) is 10. The van der Waals surface area contributed by atoms with E-state index in [1.165, 1.54) is 0 Å². The number of benzene rings is 1. The molecule has 54 heavy (non-hydrogen) atoms. The Morgan fingerprint density at radius 3 is 2.28 bits per heavy atom. The van der Waals surface area contributed by atoms with Gasteiger partial charge in [-0.1, -0.05) is 82.7 Å². The third-order valence-electron chi connectivity index (χ3n) is 9.51. The highest BCUT2D eigenvalue weighted by atomic mass is 16.6. The molecule has 15 nitrogen and oxygen atoms in total. The topological polar surface area (TPSA) is 227 Å². The molecule has 0 unspecified atom stereocenters. The zero-order valence-corrected chi connectivity index (χ0v) is 32.6. The van der Waals surface area contributed by atoms with Crippen molar-refractivity contribution in [1.82, 2.24) is 36.6 Å². The van der Waals surface area contributed by atoms with Crippen LogP contribution in [0.4, 0.5) is 10.6 Å². The first kappa shape index (κ1) is 43.6. The Hall–Kier alpha value is -4.79. The predicted octanol–water partition coefficient (Wildman–Crippen LogP) is 2.97. The Labute approximate surface area is 318 Å². The van der Waals surface area contributed by atoms with Crippen molar-refractivity contribution in [2.24, 2.45) is 11.8 Å². The second-order valence-corrected chi connectivity index (χ2v) is 15.3. The Balaban J connectivity index is 1.65. The quantitative estimate of drug-likeness (QED) is 0.118. The van der Waals surface area contributed by atoms with Gasteiger partial charge in [0.2, 0.25) is 23.6 Å². The lowest BCUT2D eigenvalue weighted by Gasteiger charge is -2.31. The normalized spacial score (nSPS) is 16.1. The number of ether oxygens (including phenoxy) is 1. The zero-order chi connectivity index (χ0) is 39.8. The van der Waals surface area contributed by atoms with Crippen LogP contribution < -0.4 is 32.3 Å². The molecule has 0 radical (unpaired) electrons. The van der Waals surface area contributed by atoms with Crippen molar-refractivity contribution in [1.29, 1.82) is 0 Å². The van der Waals surface area contributed by atoms with Gasteiger partial charge in [0.05, 0.1) is 25.1 Å². The lowest BCUT2D eigenvalue weighted by atomic mass is 9.83. The fourth-order valence-corrected chi connectivity index (χ4v) is 6.36. The third kappa shape index (κ3) is 15.3. The average Bonchev–Trinajstić information content (AvgIpc) is 3.11. The summed E-state index contributed by atoms with van der Waals surface area (Å²) in [5, 5.41) is 25.0. The van der Waals surface area contributed by atoms with Crippen molar-refractivity contribution in [3.63, 3.8) is 0 Å². The van der Waals surface area contributed by atoms with Gasteiger partial charge in [0.1, 0.15) is 29.3 Å². The molecule has 5 atom stereocenters. The molecule has 15 heteroatoms. The van der Waals surface area contributed by atoms with E-state index in [9.17, 15) is 29.1 Å². The number of nitrogens with one attached hydrogen (secondary N) is 5. The Kier molecular flexibility index (Phi) is 17.1. The van der Waals surface area contributed by atoms with Gasteiger partial charge < -0.3 is 42.2 Å². The van der Waals surface area contributed by atoms with Crippen LogP contribution >= 0.6 is 0 Å². The molecule has 0 saturated heterocycles. The van der Waals surface area contributed by atoms with Crippen LogP contribution in [0.2, 0.25) is 0 Å². The number of aliphatic hydroxyl groups excluding tert-OH is 1. The SMILES string of the molecule is CC[C@H](C)[C@H](NC(=O)C[C@H](O)[C@H](CC1CCCCC1)NC(=O)CNC(=O)[C@H](Cc1ccccc1)NC(=O)OC(C)(C)C)C(=O)NCc1cnc(C)nc1N. The first-order valence-corrected chi connectivity index (χ1v) is 19.0. The van der Waals surface area contributed by atoms with E-state index in [-0.39, 0.29) is 37.0 Å². The number of aromatic nitrogens is 2. The summed E-state index contributed by atoms with van der Waals surface area (Å²) in [6.07, 6.45) is 5.43. The number of carbonyl (C=O) groups excluding carboxylic acids is 5. The number of alkyl carbamates (subject to hydrolysis) is 1. The van der Waals surface area contributed by atoms with Gasteiger partial charge in [-0.3, -0.25) is 19.2 Å². The van der Waals surface area contributed by atoms with E-state index >= 15 is 0 Å². The van der Waals surface area contributed by atoms with E-state index in [1.807, 2.05) is 44.2 Å². The molecular weight excluding hydrogens is 692 g/mol. The second kappa shape index (κ2) is 21.2. The molecule has 0 aliphatic heterocycles. The number of carbonyl (C=O) groups is 5. The molecule has 5 amide bonds. The minimum Gasteiger partial charge on any atom is -0.444 e. The van der Waals surface area contributed by atoms with Crippen molar-refractivity contribution in [2.75, 3.05) is 12.3 Å². The van der Waals surface area contributed by atoms with E-state index in [2.05, 4.69) is 36.6 Å².